The fraction of sp³-hybridized carbons (Fsp3) is 0.154. The molecule has 0 atom stereocenters. The lowest BCUT2D eigenvalue weighted by Crippen LogP contribution is -1.97. The van der Waals surface area contributed by atoms with Crippen molar-refractivity contribution in [1.29, 1.82) is 0 Å². The van der Waals surface area contributed by atoms with E-state index in [1.54, 1.807) is 13.3 Å². The fourth-order valence-corrected chi connectivity index (χ4v) is 1.91. The molecule has 0 saturated carbocycles. The van der Waals surface area contributed by atoms with Crippen molar-refractivity contribution in [2.24, 2.45) is 0 Å². The van der Waals surface area contributed by atoms with Crippen LogP contribution in [0, 0.1) is 6.92 Å². The topological polar surface area (TPSA) is 34.1 Å². The van der Waals surface area contributed by atoms with E-state index >= 15 is 0 Å². The summed E-state index contributed by atoms with van der Waals surface area (Å²) in [6, 6.07) is 7.51. The normalized spacial score (nSPS) is 10.2. The Kier molecular flexibility index (Phi) is 4.09. The molecule has 0 bridgehead atoms. The minimum absolute atomic E-state index is 0.690. The monoisotopic (exact) mass is 326 g/mol. The predicted octanol–water partition coefficient (Wildman–Crippen LogP) is 4.56. The molecule has 0 aliphatic heterocycles. The maximum absolute atomic E-state index is 6.11. The highest BCUT2D eigenvalue weighted by atomic mass is 79.9. The van der Waals surface area contributed by atoms with Gasteiger partial charge in [0.2, 0.25) is 0 Å². The number of halogens is 2. The molecule has 0 amide bonds. The highest BCUT2D eigenvalue weighted by Crippen LogP contribution is 2.32. The van der Waals surface area contributed by atoms with Crippen molar-refractivity contribution in [2.45, 2.75) is 6.92 Å². The Morgan fingerprint density at radius 3 is 2.72 bits per heavy atom. The summed E-state index contributed by atoms with van der Waals surface area (Å²) in [4.78, 5) is 4.24. The summed E-state index contributed by atoms with van der Waals surface area (Å²) in [7, 11) is 1.63. The number of hydrogen-bond acceptors (Lipinski definition) is 3. The van der Waals surface area contributed by atoms with Crippen molar-refractivity contribution in [3.63, 3.8) is 0 Å². The van der Waals surface area contributed by atoms with E-state index in [0.29, 0.717) is 5.02 Å². The Balaban J connectivity index is 2.33. The first-order chi connectivity index (χ1) is 8.60. The lowest BCUT2D eigenvalue weighted by molar-refractivity contribution is 0.416. The molecule has 0 spiro atoms. The number of rotatable bonds is 3. The molecular formula is C13H12BrClN2O. The van der Waals surface area contributed by atoms with Gasteiger partial charge in [0.25, 0.3) is 0 Å². The van der Waals surface area contributed by atoms with Crippen LogP contribution < -0.4 is 10.1 Å². The lowest BCUT2D eigenvalue weighted by Gasteiger charge is -2.12. The quantitative estimate of drug-likeness (QED) is 0.897. The summed E-state index contributed by atoms with van der Waals surface area (Å²) in [6.45, 7) is 1.94. The second kappa shape index (κ2) is 5.59. The van der Waals surface area contributed by atoms with Crippen molar-refractivity contribution in [3.8, 4) is 5.75 Å². The Bertz CT molecular complexity index is 558. The predicted molar refractivity (Wildman–Crippen MR) is 78.0 cm³/mol. The molecule has 5 heteroatoms. The minimum Gasteiger partial charge on any atom is -0.495 e. The second-order valence-electron chi connectivity index (χ2n) is 3.79. The van der Waals surface area contributed by atoms with Crippen molar-refractivity contribution < 1.29 is 4.74 Å². The number of hydrogen-bond donors (Lipinski definition) is 1. The number of nitrogens with one attached hydrogen (secondary N) is 1. The number of benzene rings is 1. The molecule has 2 rings (SSSR count). The van der Waals surface area contributed by atoms with Gasteiger partial charge in [-0.25, -0.2) is 4.98 Å². The van der Waals surface area contributed by atoms with Gasteiger partial charge in [0, 0.05) is 15.7 Å². The van der Waals surface area contributed by atoms with Crippen LogP contribution in [0.5, 0.6) is 5.75 Å². The number of ether oxygens (including phenoxy) is 1. The maximum atomic E-state index is 6.11. The van der Waals surface area contributed by atoms with Gasteiger partial charge in [0.15, 0.2) is 0 Å². The van der Waals surface area contributed by atoms with E-state index in [9.17, 15) is 0 Å². The molecule has 0 aliphatic rings. The molecule has 18 heavy (non-hydrogen) atoms. The Labute approximate surface area is 119 Å². The summed E-state index contributed by atoms with van der Waals surface area (Å²) < 4.78 is 6.25. The van der Waals surface area contributed by atoms with Gasteiger partial charge < -0.3 is 10.1 Å². The molecule has 1 heterocycles. The first-order valence-corrected chi connectivity index (χ1v) is 6.50. The van der Waals surface area contributed by atoms with Gasteiger partial charge in [-0.05, 0) is 52.7 Å². The molecular weight excluding hydrogens is 316 g/mol. The van der Waals surface area contributed by atoms with Crippen LogP contribution in [0.4, 0.5) is 11.5 Å². The highest BCUT2D eigenvalue weighted by Gasteiger charge is 2.07. The first kappa shape index (κ1) is 13.2. The van der Waals surface area contributed by atoms with Gasteiger partial charge in [0.1, 0.15) is 11.6 Å². The van der Waals surface area contributed by atoms with Crippen molar-refractivity contribution in [2.75, 3.05) is 12.4 Å². The third kappa shape index (κ3) is 2.94. The fourth-order valence-electron chi connectivity index (χ4n) is 1.51. The Morgan fingerprint density at radius 2 is 2.11 bits per heavy atom. The van der Waals surface area contributed by atoms with Gasteiger partial charge in [-0.3, -0.25) is 0 Å². The molecule has 1 N–H and O–H groups in total. The third-order valence-electron chi connectivity index (χ3n) is 2.47. The third-order valence-corrected chi connectivity index (χ3v) is 3.35. The van der Waals surface area contributed by atoms with Crippen LogP contribution >= 0.6 is 27.5 Å². The molecule has 0 aliphatic carbocycles. The van der Waals surface area contributed by atoms with Crippen LogP contribution in [0.25, 0.3) is 0 Å². The van der Waals surface area contributed by atoms with Gasteiger partial charge in [-0.15, -0.1) is 0 Å². The maximum Gasteiger partial charge on any atom is 0.142 e. The summed E-state index contributed by atoms with van der Waals surface area (Å²) in [5.41, 5.74) is 1.77. The van der Waals surface area contributed by atoms with E-state index in [-0.39, 0.29) is 0 Å². The molecule has 1 aromatic heterocycles. The molecule has 1 aromatic carbocycles. The zero-order valence-corrected chi connectivity index (χ0v) is 12.3. The number of anilines is 2. The zero-order valence-electron chi connectivity index (χ0n) is 10.00. The molecule has 3 nitrogen and oxygen atoms in total. The minimum atomic E-state index is 0.690. The highest BCUT2D eigenvalue weighted by molar-refractivity contribution is 9.10. The van der Waals surface area contributed by atoms with Crippen LogP contribution in [0.1, 0.15) is 5.56 Å². The van der Waals surface area contributed by atoms with E-state index in [1.807, 2.05) is 31.2 Å². The summed E-state index contributed by atoms with van der Waals surface area (Å²) in [5.74, 6) is 1.47. The van der Waals surface area contributed by atoms with Gasteiger partial charge in [-0.2, -0.15) is 0 Å². The van der Waals surface area contributed by atoms with Gasteiger partial charge in [-0.1, -0.05) is 11.6 Å². The number of aromatic nitrogens is 1. The SMILES string of the molecule is COc1cc(C)c(Cl)cc1Nc1ccc(Br)cn1. The molecule has 0 unspecified atom stereocenters. The molecule has 94 valence electrons. The Morgan fingerprint density at radius 1 is 1.33 bits per heavy atom. The van der Waals surface area contributed by atoms with Crippen LogP contribution in [0.2, 0.25) is 5.02 Å². The first-order valence-electron chi connectivity index (χ1n) is 5.33. The summed E-state index contributed by atoms with van der Waals surface area (Å²) >= 11 is 9.45. The standard InChI is InChI=1S/C13H12BrClN2O/c1-8-5-12(18-2)11(6-10(8)15)17-13-4-3-9(14)7-16-13/h3-7H,1-2H3,(H,16,17). The number of aryl methyl sites for hydroxylation is 1. The van der Waals surface area contributed by atoms with Crippen molar-refractivity contribution in [3.05, 3.63) is 45.5 Å². The Hall–Kier alpha value is -1.26. The van der Waals surface area contributed by atoms with E-state index in [1.165, 1.54) is 0 Å². The van der Waals surface area contributed by atoms with E-state index < -0.39 is 0 Å². The van der Waals surface area contributed by atoms with E-state index in [0.717, 1.165) is 27.3 Å². The largest absolute Gasteiger partial charge is 0.495 e. The summed E-state index contributed by atoms with van der Waals surface area (Å²) in [5, 5.41) is 3.87. The number of methoxy groups -OCH3 is 1. The van der Waals surface area contributed by atoms with Gasteiger partial charge >= 0.3 is 0 Å². The van der Waals surface area contributed by atoms with Gasteiger partial charge in [0.05, 0.1) is 12.8 Å². The number of pyridine rings is 1. The molecule has 2 aromatic rings. The summed E-state index contributed by atoms with van der Waals surface area (Å²) in [6.07, 6.45) is 1.73. The van der Waals surface area contributed by atoms with Crippen LogP contribution in [-0.4, -0.2) is 12.1 Å². The lowest BCUT2D eigenvalue weighted by atomic mass is 10.2. The second-order valence-corrected chi connectivity index (χ2v) is 5.11. The number of nitrogens with zero attached hydrogens (tertiary/aromatic N) is 1. The van der Waals surface area contributed by atoms with Crippen molar-refractivity contribution in [1.82, 2.24) is 4.98 Å². The molecule has 0 fully saturated rings. The zero-order chi connectivity index (χ0) is 13.1. The molecule has 0 radical (unpaired) electrons. The average Bonchev–Trinajstić information content (AvgIpc) is 2.36. The van der Waals surface area contributed by atoms with Crippen molar-refractivity contribution >= 4 is 39.0 Å². The smallest absolute Gasteiger partial charge is 0.142 e. The van der Waals surface area contributed by atoms with Crippen LogP contribution in [-0.2, 0) is 0 Å². The van der Waals surface area contributed by atoms with Crippen LogP contribution in [0.15, 0.2) is 34.9 Å². The average molecular weight is 328 g/mol. The van der Waals surface area contributed by atoms with Crippen LogP contribution in [0.3, 0.4) is 0 Å². The molecule has 0 saturated heterocycles. The van der Waals surface area contributed by atoms with E-state index in [4.69, 9.17) is 16.3 Å². The van der Waals surface area contributed by atoms with E-state index in [2.05, 4.69) is 26.2 Å².